The normalized spacial score (nSPS) is 23.6. The van der Waals surface area contributed by atoms with E-state index in [1.807, 2.05) is 0 Å². The highest BCUT2D eigenvalue weighted by Gasteiger charge is 2.28. The van der Waals surface area contributed by atoms with Crippen LogP contribution in [0.1, 0.15) is 31.2 Å². The standard InChI is InChI=1S/C14H19BF3O2/c1-10-8-13(6-7-14(10)15(16,17)18)20-12-5-3-4-11(9-12)19-2/h6-8,11-12H,3-5,9H2,1-2H3/q-1. The summed E-state index contributed by atoms with van der Waals surface area (Å²) < 4.78 is 49.3. The van der Waals surface area contributed by atoms with Crippen LogP contribution in [0.4, 0.5) is 12.9 Å². The molecule has 112 valence electrons. The highest BCUT2D eigenvalue weighted by molar-refractivity contribution is 6.74. The van der Waals surface area contributed by atoms with E-state index in [1.54, 1.807) is 7.11 Å². The molecule has 20 heavy (non-hydrogen) atoms. The SMILES string of the molecule is COC1CCCC(Oc2ccc([B-](F)(F)F)c(C)c2)C1. The molecule has 2 unspecified atom stereocenters. The van der Waals surface area contributed by atoms with Crippen LogP contribution in [0.15, 0.2) is 18.2 Å². The lowest BCUT2D eigenvalue weighted by atomic mass is 9.77. The third-order valence-electron chi connectivity index (χ3n) is 3.81. The Balaban J connectivity index is 2.05. The number of aryl methyl sites for hydroxylation is 1. The summed E-state index contributed by atoms with van der Waals surface area (Å²) >= 11 is 0. The molecule has 1 fully saturated rings. The second-order valence-corrected chi connectivity index (χ2v) is 5.36. The molecule has 0 aromatic heterocycles. The van der Waals surface area contributed by atoms with Crippen molar-refractivity contribution >= 4 is 12.4 Å². The average Bonchev–Trinajstić information content (AvgIpc) is 2.37. The average molecular weight is 287 g/mol. The summed E-state index contributed by atoms with van der Waals surface area (Å²) in [5.41, 5.74) is -0.329. The summed E-state index contributed by atoms with van der Waals surface area (Å²) in [5.74, 6) is 0.507. The zero-order valence-electron chi connectivity index (χ0n) is 11.7. The van der Waals surface area contributed by atoms with Crippen LogP contribution in [-0.2, 0) is 4.74 Å². The minimum atomic E-state index is -4.96. The summed E-state index contributed by atoms with van der Waals surface area (Å²) in [5, 5.41) is 0. The predicted octanol–water partition coefficient (Wildman–Crippen LogP) is 3.39. The maximum absolute atomic E-state index is 12.7. The maximum atomic E-state index is 12.7. The quantitative estimate of drug-likeness (QED) is 0.790. The van der Waals surface area contributed by atoms with Crippen LogP contribution in [0.2, 0.25) is 0 Å². The largest absolute Gasteiger partial charge is 0.509 e. The summed E-state index contributed by atoms with van der Waals surface area (Å²) in [4.78, 5) is 0. The van der Waals surface area contributed by atoms with Gasteiger partial charge in [0.2, 0.25) is 0 Å². The Morgan fingerprint density at radius 1 is 1.15 bits per heavy atom. The van der Waals surface area contributed by atoms with Gasteiger partial charge in [-0.3, -0.25) is 0 Å². The van der Waals surface area contributed by atoms with Gasteiger partial charge < -0.3 is 22.4 Å². The van der Waals surface area contributed by atoms with E-state index in [9.17, 15) is 12.9 Å². The summed E-state index contributed by atoms with van der Waals surface area (Å²) in [6.07, 6.45) is 3.96. The van der Waals surface area contributed by atoms with Crippen LogP contribution in [0, 0.1) is 6.92 Å². The van der Waals surface area contributed by atoms with Crippen LogP contribution < -0.4 is 10.2 Å². The molecule has 2 rings (SSSR count). The van der Waals surface area contributed by atoms with Gasteiger partial charge in [0.05, 0.1) is 6.10 Å². The molecular weight excluding hydrogens is 268 g/mol. The van der Waals surface area contributed by atoms with Gasteiger partial charge in [-0.05, 0) is 38.3 Å². The number of ether oxygens (including phenoxy) is 2. The van der Waals surface area contributed by atoms with Gasteiger partial charge in [0, 0.05) is 13.5 Å². The van der Waals surface area contributed by atoms with Crippen LogP contribution in [0.25, 0.3) is 0 Å². The van der Waals surface area contributed by atoms with Crippen molar-refractivity contribution in [3.05, 3.63) is 23.8 Å². The molecule has 1 aliphatic rings. The van der Waals surface area contributed by atoms with Crippen molar-refractivity contribution < 1.29 is 22.4 Å². The molecule has 0 radical (unpaired) electrons. The second-order valence-electron chi connectivity index (χ2n) is 5.36. The summed E-state index contributed by atoms with van der Waals surface area (Å²) in [6, 6.07) is 4.00. The Labute approximate surface area is 117 Å². The first-order valence-electron chi connectivity index (χ1n) is 6.90. The van der Waals surface area contributed by atoms with E-state index in [2.05, 4.69) is 0 Å². The monoisotopic (exact) mass is 287 g/mol. The Bertz CT molecular complexity index is 462. The van der Waals surface area contributed by atoms with Gasteiger partial charge in [0.15, 0.2) is 0 Å². The van der Waals surface area contributed by atoms with Crippen molar-refractivity contribution in [2.45, 2.75) is 44.8 Å². The fourth-order valence-corrected chi connectivity index (χ4v) is 2.70. The lowest BCUT2D eigenvalue weighted by molar-refractivity contribution is 0.0209. The van der Waals surface area contributed by atoms with Crippen LogP contribution in [-0.4, -0.2) is 26.3 Å². The van der Waals surface area contributed by atoms with Gasteiger partial charge in [-0.1, -0.05) is 11.6 Å². The molecular formula is C14H19BF3O2-. The highest BCUT2D eigenvalue weighted by Crippen LogP contribution is 2.26. The van der Waals surface area contributed by atoms with E-state index in [1.165, 1.54) is 19.1 Å². The van der Waals surface area contributed by atoms with Crippen LogP contribution >= 0.6 is 0 Å². The molecule has 0 bridgehead atoms. The molecule has 6 heteroatoms. The molecule has 2 atom stereocenters. The maximum Gasteiger partial charge on any atom is 0.509 e. The van der Waals surface area contributed by atoms with Crippen molar-refractivity contribution in [1.82, 2.24) is 0 Å². The van der Waals surface area contributed by atoms with Gasteiger partial charge in [0.25, 0.3) is 0 Å². The summed E-state index contributed by atoms with van der Waals surface area (Å²) in [6.45, 7) is -3.49. The number of halogens is 3. The first kappa shape index (κ1) is 15.2. The Hall–Kier alpha value is -1.17. The van der Waals surface area contributed by atoms with Crippen molar-refractivity contribution in [1.29, 1.82) is 0 Å². The second kappa shape index (κ2) is 6.08. The van der Waals surface area contributed by atoms with Gasteiger partial charge in [0.1, 0.15) is 11.9 Å². The molecule has 1 saturated carbocycles. The fraction of sp³-hybridized carbons (Fsp3) is 0.571. The molecule has 2 nitrogen and oxygen atoms in total. The van der Waals surface area contributed by atoms with Gasteiger partial charge in [-0.15, -0.1) is 5.46 Å². The molecule has 0 amide bonds. The topological polar surface area (TPSA) is 18.5 Å². The number of benzene rings is 1. The lowest BCUT2D eigenvalue weighted by Gasteiger charge is -2.29. The van der Waals surface area contributed by atoms with Gasteiger partial charge in [-0.25, -0.2) is 0 Å². The Morgan fingerprint density at radius 2 is 1.85 bits per heavy atom. The smallest absolute Gasteiger partial charge is 0.490 e. The molecule has 0 aliphatic heterocycles. The molecule has 1 aliphatic carbocycles. The molecule has 1 aromatic carbocycles. The highest BCUT2D eigenvalue weighted by atomic mass is 19.4. The van der Waals surface area contributed by atoms with Crippen molar-refractivity contribution in [2.24, 2.45) is 0 Å². The van der Waals surface area contributed by atoms with Crippen LogP contribution in [0.3, 0.4) is 0 Å². The van der Waals surface area contributed by atoms with E-state index in [4.69, 9.17) is 9.47 Å². The van der Waals surface area contributed by atoms with Gasteiger partial charge in [-0.2, -0.15) is 0 Å². The molecule has 0 spiro atoms. The fourth-order valence-electron chi connectivity index (χ4n) is 2.70. The first-order valence-corrected chi connectivity index (χ1v) is 6.90. The van der Waals surface area contributed by atoms with Crippen molar-refractivity contribution in [2.75, 3.05) is 7.11 Å². The third kappa shape index (κ3) is 3.69. The van der Waals surface area contributed by atoms with Crippen molar-refractivity contribution in [3.8, 4) is 5.75 Å². The van der Waals surface area contributed by atoms with E-state index in [-0.39, 0.29) is 17.8 Å². The minimum absolute atomic E-state index is 0.0235. The summed E-state index contributed by atoms with van der Waals surface area (Å²) in [7, 11) is 1.68. The van der Waals surface area contributed by atoms with E-state index >= 15 is 0 Å². The van der Waals surface area contributed by atoms with E-state index in [0.29, 0.717) is 5.75 Å². The molecule has 1 aromatic rings. The third-order valence-corrected chi connectivity index (χ3v) is 3.81. The number of methoxy groups -OCH3 is 1. The molecule has 0 N–H and O–H groups in total. The zero-order valence-corrected chi connectivity index (χ0v) is 11.7. The lowest BCUT2D eigenvalue weighted by Crippen LogP contribution is -2.36. The van der Waals surface area contributed by atoms with Gasteiger partial charge >= 0.3 is 6.98 Å². The Kier molecular flexibility index (Phi) is 4.63. The van der Waals surface area contributed by atoms with E-state index < -0.39 is 12.4 Å². The Morgan fingerprint density at radius 3 is 2.45 bits per heavy atom. The van der Waals surface area contributed by atoms with E-state index in [0.717, 1.165) is 31.7 Å². The minimum Gasteiger partial charge on any atom is -0.490 e. The molecule has 0 saturated heterocycles. The number of hydrogen-bond donors (Lipinski definition) is 0. The molecule has 0 heterocycles. The van der Waals surface area contributed by atoms with Crippen LogP contribution in [0.5, 0.6) is 5.75 Å². The first-order chi connectivity index (χ1) is 9.40. The van der Waals surface area contributed by atoms with Crippen molar-refractivity contribution in [3.63, 3.8) is 0 Å². The zero-order chi connectivity index (χ0) is 14.8. The number of rotatable bonds is 4. The number of hydrogen-bond acceptors (Lipinski definition) is 2. The predicted molar refractivity (Wildman–Crippen MR) is 73.6 cm³/mol.